The summed E-state index contributed by atoms with van der Waals surface area (Å²) in [4.78, 5) is 27.3. The number of benzene rings is 2. The molecule has 2 aromatic rings. The molecule has 0 bridgehead atoms. The van der Waals surface area contributed by atoms with Crippen molar-refractivity contribution >= 4 is 17.5 Å². The summed E-state index contributed by atoms with van der Waals surface area (Å²) < 4.78 is 0. The molecule has 4 rings (SSSR count). The van der Waals surface area contributed by atoms with E-state index < -0.39 is 6.04 Å². The minimum Gasteiger partial charge on any atom is -0.340 e. The van der Waals surface area contributed by atoms with Gasteiger partial charge in [0.05, 0.1) is 0 Å². The molecule has 0 radical (unpaired) electrons. The maximum absolute atomic E-state index is 12.8. The average Bonchev–Trinajstić information content (AvgIpc) is 3.08. The van der Waals surface area contributed by atoms with Crippen molar-refractivity contribution in [3.05, 3.63) is 64.7 Å². The van der Waals surface area contributed by atoms with Crippen molar-refractivity contribution in [1.29, 1.82) is 0 Å². The summed E-state index contributed by atoms with van der Waals surface area (Å²) in [6.45, 7) is 3.24. The van der Waals surface area contributed by atoms with Crippen molar-refractivity contribution in [3.63, 3.8) is 0 Å². The second kappa shape index (κ2) is 7.76. The highest BCUT2D eigenvalue weighted by atomic mass is 16.2. The van der Waals surface area contributed by atoms with Crippen LogP contribution in [0.2, 0.25) is 0 Å². The number of nitrogens with one attached hydrogen (secondary N) is 1. The number of aryl methyl sites for hydroxylation is 2. The lowest BCUT2D eigenvalue weighted by molar-refractivity contribution is -0.118. The fourth-order valence-electron chi connectivity index (χ4n) is 4.32. The normalized spacial score (nSPS) is 21.5. The highest BCUT2D eigenvalue weighted by Gasteiger charge is 2.34. The third-order valence-corrected chi connectivity index (χ3v) is 5.99. The van der Waals surface area contributed by atoms with Crippen LogP contribution in [0.1, 0.15) is 52.2 Å². The summed E-state index contributed by atoms with van der Waals surface area (Å²) in [7, 11) is 0. The third-order valence-electron chi connectivity index (χ3n) is 5.99. The SMILES string of the molecule is Cc1ccc(N2CCC(NC(=O)c3ccc4c(c3)C(CN)CCC4)C2=O)cc1. The molecule has 0 saturated carbocycles. The molecule has 1 aliphatic carbocycles. The Kier molecular flexibility index (Phi) is 5.18. The van der Waals surface area contributed by atoms with Crippen LogP contribution in [0.4, 0.5) is 5.69 Å². The Hall–Kier alpha value is -2.66. The van der Waals surface area contributed by atoms with Gasteiger partial charge in [0.15, 0.2) is 0 Å². The van der Waals surface area contributed by atoms with Gasteiger partial charge in [-0.25, -0.2) is 0 Å². The van der Waals surface area contributed by atoms with Crippen LogP contribution in [0.3, 0.4) is 0 Å². The number of rotatable bonds is 4. The molecule has 1 fully saturated rings. The molecular weight excluding hydrogens is 350 g/mol. The first-order chi connectivity index (χ1) is 13.6. The molecular formula is C23H27N3O2. The van der Waals surface area contributed by atoms with Crippen molar-refractivity contribution < 1.29 is 9.59 Å². The zero-order chi connectivity index (χ0) is 19.7. The predicted octanol–water partition coefficient (Wildman–Crippen LogP) is 2.91. The quantitative estimate of drug-likeness (QED) is 0.860. The van der Waals surface area contributed by atoms with Crippen molar-refractivity contribution in [2.24, 2.45) is 5.73 Å². The lowest BCUT2D eigenvalue weighted by Gasteiger charge is -2.25. The molecule has 1 saturated heterocycles. The molecule has 1 heterocycles. The number of carbonyl (C=O) groups excluding carboxylic acids is 2. The fourth-order valence-corrected chi connectivity index (χ4v) is 4.32. The highest BCUT2D eigenvalue weighted by Crippen LogP contribution is 2.31. The van der Waals surface area contributed by atoms with E-state index in [1.807, 2.05) is 49.4 Å². The van der Waals surface area contributed by atoms with Gasteiger partial charge in [-0.15, -0.1) is 0 Å². The molecule has 3 N–H and O–H groups in total. The molecule has 1 aliphatic heterocycles. The van der Waals surface area contributed by atoms with Gasteiger partial charge >= 0.3 is 0 Å². The number of amides is 2. The second-order valence-corrected chi connectivity index (χ2v) is 7.88. The van der Waals surface area contributed by atoms with Gasteiger partial charge in [-0.1, -0.05) is 23.8 Å². The van der Waals surface area contributed by atoms with Crippen LogP contribution in [-0.2, 0) is 11.2 Å². The van der Waals surface area contributed by atoms with E-state index in [-0.39, 0.29) is 11.8 Å². The number of nitrogens with zero attached hydrogens (tertiary/aromatic N) is 1. The Morgan fingerprint density at radius 1 is 1.18 bits per heavy atom. The molecule has 146 valence electrons. The first-order valence-corrected chi connectivity index (χ1v) is 10.1. The maximum atomic E-state index is 12.8. The lowest BCUT2D eigenvalue weighted by atomic mass is 9.82. The molecule has 2 aromatic carbocycles. The van der Waals surface area contributed by atoms with Crippen LogP contribution in [0.15, 0.2) is 42.5 Å². The predicted molar refractivity (Wildman–Crippen MR) is 111 cm³/mol. The van der Waals surface area contributed by atoms with Gasteiger partial charge in [-0.05, 0) is 80.5 Å². The minimum absolute atomic E-state index is 0.0463. The largest absolute Gasteiger partial charge is 0.340 e. The van der Waals surface area contributed by atoms with Gasteiger partial charge in [-0.2, -0.15) is 0 Å². The molecule has 5 heteroatoms. The summed E-state index contributed by atoms with van der Waals surface area (Å²) in [6, 6.07) is 13.3. The van der Waals surface area contributed by atoms with Crippen LogP contribution < -0.4 is 16.0 Å². The smallest absolute Gasteiger partial charge is 0.251 e. The standard InChI is InChI=1S/C23H27N3O2/c1-15-5-9-19(10-6-15)26-12-11-21(23(26)28)25-22(27)17-8-7-16-3-2-4-18(14-24)20(16)13-17/h5-10,13,18,21H,2-4,11-12,14,24H2,1H3,(H,25,27). The van der Waals surface area contributed by atoms with Crippen molar-refractivity contribution in [1.82, 2.24) is 5.32 Å². The van der Waals surface area contributed by atoms with Gasteiger partial charge in [0, 0.05) is 17.8 Å². The number of carbonyl (C=O) groups is 2. The summed E-state index contributed by atoms with van der Waals surface area (Å²) in [6.07, 6.45) is 3.88. The van der Waals surface area contributed by atoms with Crippen LogP contribution in [0.5, 0.6) is 0 Å². The van der Waals surface area contributed by atoms with E-state index in [4.69, 9.17) is 5.73 Å². The molecule has 28 heavy (non-hydrogen) atoms. The first kappa shape index (κ1) is 18.7. The Bertz CT molecular complexity index is 891. The van der Waals surface area contributed by atoms with E-state index in [9.17, 15) is 9.59 Å². The summed E-state index contributed by atoms with van der Waals surface area (Å²) in [5.74, 6) is 0.0879. The van der Waals surface area contributed by atoms with E-state index in [0.717, 1.165) is 30.5 Å². The van der Waals surface area contributed by atoms with Gasteiger partial charge < -0.3 is 16.0 Å². The Labute approximate surface area is 165 Å². The number of hydrogen-bond donors (Lipinski definition) is 2. The number of anilines is 1. The lowest BCUT2D eigenvalue weighted by Crippen LogP contribution is -2.41. The third kappa shape index (κ3) is 3.54. The molecule has 2 unspecified atom stereocenters. The summed E-state index contributed by atoms with van der Waals surface area (Å²) in [5, 5.41) is 2.93. The van der Waals surface area contributed by atoms with Gasteiger partial charge in [0.2, 0.25) is 5.91 Å². The molecule has 2 aliphatic rings. The van der Waals surface area contributed by atoms with E-state index in [0.29, 0.717) is 31.0 Å². The summed E-state index contributed by atoms with van der Waals surface area (Å²) >= 11 is 0. The molecule has 0 aromatic heterocycles. The van der Waals surface area contributed by atoms with Crippen LogP contribution in [0, 0.1) is 6.92 Å². The Morgan fingerprint density at radius 2 is 1.96 bits per heavy atom. The Morgan fingerprint density at radius 3 is 2.71 bits per heavy atom. The van der Waals surface area contributed by atoms with E-state index in [1.54, 1.807) is 4.90 Å². The molecule has 2 atom stereocenters. The minimum atomic E-state index is -0.477. The molecule has 5 nitrogen and oxygen atoms in total. The van der Waals surface area contributed by atoms with E-state index in [2.05, 4.69) is 5.32 Å². The van der Waals surface area contributed by atoms with Gasteiger partial charge in [-0.3, -0.25) is 9.59 Å². The fraction of sp³-hybridized carbons (Fsp3) is 0.391. The monoisotopic (exact) mass is 377 g/mol. The Balaban J connectivity index is 1.47. The van der Waals surface area contributed by atoms with Gasteiger partial charge in [0.25, 0.3) is 5.91 Å². The van der Waals surface area contributed by atoms with Gasteiger partial charge in [0.1, 0.15) is 6.04 Å². The topological polar surface area (TPSA) is 75.4 Å². The van der Waals surface area contributed by atoms with Crippen LogP contribution in [0.25, 0.3) is 0 Å². The molecule has 0 spiro atoms. The van der Waals surface area contributed by atoms with Crippen LogP contribution in [-0.4, -0.2) is 30.9 Å². The number of nitrogens with two attached hydrogens (primary N) is 1. The zero-order valence-electron chi connectivity index (χ0n) is 16.3. The highest BCUT2D eigenvalue weighted by molar-refractivity contribution is 6.04. The van der Waals surface area contributed by atoms with Crippen molar-refractivity contribution in [2.75, 3.05) is 18.0 Å². The van der Waals surface area contributed by atoms with Crippen molar-refractivity contribution in [3.8, 4) is 0 Å². The van der Waals surface area contributed by atoms with E-state index in [1.165, 1.54) is 11.1 Å². The number of fused-ring (bicyclic) bond motifs is 1. The zero-order valence-corrected chi connectivity index (χ0v) is 16.3. The van der Waals surface area contributed by atoms with Crippen molar-refractivity contribution in [2.45, 2.75) is 44.6 Å². The average molecular weight is 377 g/mol. The number of hydrogen-bond acceptors (Lipinski definition) is 3. The maximum Gasteiger partial charge on any atom is 0.251 e. The second-order valence-electron chi connectivity index (χ2n) is 7.88. The molecule has 2 amide bonds. The van der Waals surface area contributed by atoms with Crippen LogP contribution >= 0.6 is 0 Å². The first-order valence-electron chi connectivity index (χ1n) is 10.1. The summed E-state index contributed by atoms with van der Waals surface area (Å²) in [5.41, 5.74) is 11.1. The van der Waals surface area contributed by atoms with E-state index >= 15 is 0 Å².